The van der Waals surface area contributed by atoms with Crippen LogP contribution in [-0.2, 0) is 11.3 Å². The summed E-state index contributed by atoms with van der Waals surface area (Å²) in [5.41, 5.74) is 7.13. The molecule has 6 nitrogen and oxygen atoms in total. The van der Waals surface area contributed by atoms with Crippen molar-refractivity contribution in [1.29, 1.82) is 0 Å². The molecule has 0 radical (unpaired) electrons. The van der Waals surface area contributed by atoms with Gasteiger partial charge in [-0.3, -0.25) is 0 Å². The molecule has 2 N–H and O–H groups in total. The Morgan fingerprint density at radius 1 is 1.56 bits per heavy atom. The van der Waals surface area contributed by atoms with Crippen molar-refractivity contribution in [2.75, 3.05) is 12.8 Å². The summed E-state index contributed by atoms with van der Waals surface area (Å²) in [4.78, 5) is 15.0. The third-order valence-electron chi connectivity index (χ3n) is 2.38. The number of nitrogens with two attached hydrogens (primary N) is 1. The molecule has 0 saturated carbocycles. The van der Waals surface area contributed by atoms with E-state index >= 15 is 0 Å². The number of nitrogens with zero attached hydrogens (tertiary/aromatic N) is 3. The highest BCUT2D eigenvalue weighted by molar-refractivity contribution is 6.31. The number of carbonyl (C=O) groups excluding carboxylic acids is 1. The van der Waals surface area contributed by atoms with E-state index in [1.54, 1.807) is 18.2 Å². The first kappa shape index (κ1) is 12.4. The molecule has 0 unspecified atom stereocenters. The van der Waals surface area contributed by atoms with Gasteiger partial charge in [-0.1, -0.05) is 17.7 Å². The third-order valence-corrected chi connectivity index (χ3v) is 2.73. The minimum atomic E-state index is -0.583. The van der Waals surface area contributed by atoms with E-state index in [2.05, 4.69) is 14.8 Å². The molecule has 7 heteroatoms. The normalized spacial score (nSPS) is 10.3. The molecule has 1 aromatic heterocycles. The van der Waals surface area contributed by atoms with Gasteiger partial charge in [-0.15, -0.1) is 5.10 Å². The molecule has 0 amide bonds. The number of anilines is 1. The topological polar surface area (TPSA) is 83.0 Å². The molecule has 2 rings (SSSR count). The van der Waals surface area contributed by atoms with Gasteiger partial charge < -0.3 is 10.5 Å². The maximum Gasteiger partial charge on any atom is 0.377 e. The first-order chi connectivity index (χ1) is 8.61. The molecule has 1 aromatic carbocycles. The highest BCUT2D eigenvalue weighted by atomic mass is 35.5. The predicted molar refractivity (Wildman–Crippen MR) is 66.3 cm³/mol. The van der Waals surface area contributed by atoms with E-state index in [4.69, 9.17) is 17.3 Å². The van der Waals surface area contributed by atoms with Crippen LogP contribution in [0, 0.1) is 0 Å². The summed E-state index contributed by atoms with van der Waals surface area (Å²) in [5, 5.41) is 4.52. The Morgan fingerprint density at radius 3 is 3.00 bits per heavy atom. The Bertz CT molecular complexity index is 562. The number of ether oxygens (including phenoxy) is 1. The molecule has 0 spiro atoms. The van der Waals surface area contributed by atoms with Crippen LogP contribution in [0.1, 0.15) is 16.2 Å². The smallest absolute Gasteiger partial charge is 0.377 e. The molecule has 18 heavy (non-hydrogen) atoms. The van der Waals surface area contributed by atoms with E-state index in [1.165, 1.54) is 18.1 Å². The van der Waals surface area contributed by atoms with E-state index in [9.17, 15) is 4.79 Å². The van der Waals surface area contributed by atoms with Gasteiger partial charge in [0.1, 0.15) is 6.33 Å². The number of benzene rings is 1. The van der Waals surface area contributed by atoms with Crippen LogP contribution in [0.15, 0.2) is 24.5 Å². The Labute approximate surface area is 108 Å². The minimum absolute atomic E-state index is 0.00289. The fourth-order valence-corrected chi connectivity index (χ4v) is 1.70. The average molecular weight is 267 g/mol. The van der Waals surface area contributed by atoms with Crippen molar-refractivity contribution >= 4 is 23.3 Å². The zero-order valence-corrected chi connectivity index (χ0v) is 10.4. The van der Waals surface area contributed by atoms with Crippen molar-refractivity contribution in [3.63, 3.8) is 0 Å². The number of carbonyl (C=O) groups is 1. The zero-order chi connectivity index (χ0) is 13.1. The molecule has 1 heterocycles. The van der Waals surface area contributed by atoms with Crippen LogP contribution >= 0.6 is 11.6 Å². The van der Waals surface area contributed by atoms with Crippen LogP contribution in [0.5, 0.6) is 0 Å². The summed E-state index contributed by atoms with van der Waals surface area (Å²) in [6.45, 7) is 0.343. The van der Waals surface area contributed by atoms with Crippen molar-refractivity contribution in [3.05, 3.63) is 40.9 Å². The van der Waals surface area contributed by atoms with Crippen molar-refractivity contribution in [2.24, 2.45) is 0 Å². The minimum Gasteiger partial charge on any atom is -0.463 e. The predicted octanol–water partition coefficient (Wildman–Crippen LogP) is 1.35. The first-order valence-electron chi connectivity index (χ1n) is 5.12. The second-order valence-corrected chi connectivity index (χ2v) is 3.97. The Kier molecular flexibility index (Phi) is 3.47. The van der Waals surface area contributed by atoms with Crippen LogP contribution in [0.25, 0.3) is 0 Å². The number of hydrogen-bond acceptors (Lipinski definition) is 5. The monoisotopic (exact) mass is 266 g/mol. The van der Waals surface area contributed by atoms with Crippen LogP contribution in [-0.4, -0.2) is 27.8 Å². The summed E-state index contributed by atoms with van der Waals surface area (Å²) in [6.07, 6.45) is 1.43. The molecule has 2 aromatic rings. The SMILES string of the molecule is COC(=O)c1ncn(Cc2c(N)cccc2Cl)n1. The standard InChI is InChI=1S/C11H11ClN4O2/c1-18-11(17)10-14-6-16(15-10)5-7-8(12)3-2-4-9(7)13/h2-4,6H,5,13H2,1H3. The highest BCUT2D eigenvalue weighted by Crippen LogP contribution is 2.22. The van der Waals surface area contributed by atoms with Gasteiger partial charge in [0.2, 0.25) is 0 Å². The lowest BCUT2D eigenvalue weighted by atomic mass is 10.2. The molecule has 0 fully saturated rings. The van der Waals surface area contributed by atoms with E-state index in [1.807, 2.05) is 0 Å². The largest absolute Gasteiger partial charge is 0.463 e. The van der Waals surface area contributed by atoms with Gasteiger partial charge in [0.15, 0.2) is 0 Å². The summed E-state index contributed by atoms with van der Waals surface area (Å²) in [6, 6.07) is 5.26. The number of halogens is 1. The number of aromatic nitrogens is 3. The molecule has 0 aliphatic rings. The fraction of sp³-hybridized carbons (Fsp3) is 0.182. The molecular weight excluding hydrogens is 256 g/mol. The van der Waals surface area contributed by atoms with Gasteiger partial charge in [0.05, 0.1) is 13.7 Å². The summed E-state index contributed by atoms with van der Waals surface area (Å²) in [7, 11) is 1.27. The van der Waals surface area contributed by atoms with E-state index in [0.717, 1.165) is 5.56 Å². The van der Waals surface area contributed by atoms with Gasteiger partial charge >= 0.3 is 5.97 Å². The Hall–Kier alpha value is -2.08. The quantitative estimate of drug-likeness (QED) is 0.670. The molecule has 0 bridgehead atoms. The van der Waals surface area contributed by atoms with E-state index < -0.39 is 5.97 Å². The van der Waals surface area contributed by atoms with Gasteiger partial charge in [-0.25, -0.2) is 14.5 Å². The number of rotatable bonds is 3. The maximum atomic E-state index is 11.2. The maximum absolute atomic E-state index is 11.2. The third kappa shape index (κ3) is 2.43. The second-order valence-electron chi connectivity index (χ2n) is 3.56. The second kappa shape index (κ2) is 5.05. The molecule has 0 atom stereocenters. The highest BCUT2D eigenvalue weighted by Gasteiger charge is 2.12. The van der Waals surface area contributed by atoms with Crippen LogP contribution in [0.3, 0.4) is 0 Å². The van der Waals surface area contributed by atoms with E-state index in [-0.39, 0.29) is 5.82 Å². The lowest BCUT2D eigenvalue weighted by molar-refractivity contribution is 0.0586. The van der Waals surface area contributed by atoms with Crippen LogP contribution < -0.4 is 5.73 Å². The zero-order valence-electron chi connectivity index (χ0n) is 9.63. The van der Waals surface area contributed by atoms with Gasteiger partial charge in [-0.05, 0) is 12.1 Å². The number of methoxy groups -OCH3 is 1. The van der Waals surface area contributed by atoms with Crippen LogP contribution in [0.4, 0.5) is 5.69 Å². The van der Waals surface area contributed by atoms with Gasteiger partial charge in [-0.2, -0.15) is 0 Å². The average Bonchev–Trinajstić information content (AvgIpc) is 2.81. The fourth-order valence-electron chi connectivity index (χ4n) is 1.46. The first-order valence-corrected chi connectivity index (χ1v) is 5.50. The molecule has 0 aliphatic heterocycles. The van der Waals surface area contributed by atoms with Crippen molar-refractivity contribution < 1.29 is 9.53 Å². The molecule has 0 aliphatic carbocycles. The number of nitrogen functional groups attached to an aromatic ring is 1. The summed E-state index contributed by atoms with van der Waals surface area (Å²) in [5.74, 6) is -0.580. The molecular formula is C11H11ClN4O2. The lowest BCUT2D eigenvalue weighted by Crippen LogP contribution is -2.07. The lowest BCUT2D eigenvalue weighted by Gasteiger charge is -2.07. The molecule has 94 valence electrons. The van der Waals surface area contributed by atoms with Crippen molar-refractivity contribution in [3.8, 4) is 0 Å². The number of esters is 1. The van der Waals surface area contributed by atoms with E-state index in [0.29, 0.717) is 17.3 Å². The number of hydrogen-bond donors (Lipinski definition) is 1. The Morgan fingerprint density at radius 2 is 2.33 bits per heavy atom. The molecule has 0 saturated heterocycles. The summed E-state index contributed by atoms with van der Waals surface area (Å²) >= 11 is 6.04. The van der Waals surface area contributed by atoms with Gasteiger partial charge in [0.25, 0.3) is 5.82 Å². The van der Waals surface area contributed by atoms with Crippen molar-refractivity contribution in [2.45, 2.75) is 6.54 Å². The summed E-state index contributed by atoms with van der Waals surface area (Å²) < 4.78 is 6.00. The van der Waals surface area contributed by atoms with Crippen molar-refractivity contribution in [1.82, 2.24) is 14.8 Å². The van der Waals surface area contributed by atoms with Gasteiger partial charge in [0, 0.05) is 16.3 Å². The Balaban J connectivity index is 2.24. The van der Waals surface area contributed by atoms with Crippen LogP contribution in [0.2, 0.25) is 5.02 Å².